The summed E-state index contributed by atoms with van der Waals surface area (Å²) >= 11 is 3.23. The molecule has 0 saturated carbocycles. The summed E-state index contributed by atoms with van der Waals surface area (Å²) < 4.78 is 5.68. The van der Waals surface area contributed by atoms with Gasteiger partial charge in [0.05, 0.1) is 22.1 Å². The zero-order valence-corrected chi connectivity index (χ0v) is 9.08. The molecule has 1 aromatic carbocycles. The highest BCUT2D eigenvalue weighted by Gasteiger charge is 2.19. The molecular weight excluding hydrogens is 252 g/mol. The Morgan fingerprint density at radius 2 is 2.29 bits per heavy atom. The van der Waals surface area contributed by atoms with Crippen molar-refractivity contribution in [3.8, 4) is 5.75 Å². The Kier molecular flexibility index (Phi) is 3.43. The Hall–Kier alpha value is -1.14. The van der Waals surface area contributed by atoms with Crippen LogP contribution in [-0.4, -0.2) is 12.0 Å². The second-order valence-corrected chi connectivity index (χ2v) is 3.39. The zero-order valence-electron chi connectivity index (χ0n) is 7.49. The standard InChI is InChI=1S/C8H9BrN2O3/c1-14-8-5(4-10)7(11(12)13)3-2-6(8)9/h2-3H,4,10H2,1H3. The van der Waals surface area contributed by atoms with Crippen molar-refractivity contribution in [2.75, 3.05) is 7.11 Å². The molecule has 0 aliphatic carbocycles. The molecule has 14 heavy (non-hydrogen) atoms. The fourth-order valence-corrected chi connectivity index (χ4v) is 1.71. The fourth-order valence-electron chi connectivity index (χ4n) is 1.18. The minimum absolute atomic E-state index is 0.0208. The molecule has 0 aliphatic heterocycles. The maximum absolute atomic E-state index is 10.6. The van der Waals surface area contributed by atoms with Crippen LogP contribution < -0.4 is 10.5 Å². The van der Waals surface area contributed by atoms with Gasteiger partial charge in [-0.3, -0.25) is 10.1 Å². The largest absolute Gasteiger partial charge is 0.495 e. The second kappa shape index (κ2) is 4.39. The van der Waals surface area contributed by atoms with Gasteiger partial charge in [0, 0.05) is 12.6 Å². The van der Waals surface area contributed by atoms with Crippen LogP contribution in [0, 0.1) is 10.1 Å². The lowest BCUT2D eigenvalue weighted by Gasteiger charge is -2.08. The van der Waals surface area contributed by atoms with Crippen LogP contribution in [0.25, 0.3) is 0 Å². The van der Waals surface area contributed by atoms with Gasteiger partial charge < -0.3 is 10.5 Å². The molecule has 0 unspecified atom stereocenters. The van der Waals surface area contributed by atoms with Gasteiger partial charge in [-0.1, -0.05) is 0 Å². The number of nitrogens with two attached hydrogens (primary N) is 1. The third-order valence-corrected chi connectivity index (χ3v) is 2.42. The van der Waals surface area contributed by atoms with Crippen LogP contribution in [0.2, 0.25) is 0 Å². The van der Waals surface area contributed by atoms with Gasteiger partial charge in [-0.15, -0.1) is 0 Å². The van der Waals surface area contributed by atoms with Gasteiger partial charge in [0.15, 0.2) is 0 Å². The lowest BCUT2D eigenvalue weighted by molar-refractivity contribution is -0.385. The highest BCUT2D eigenvalue weighted by molar-refractivity contribution is 9.10. The summed E-state index contributed by atoms with van der Waals surface area (Å²) in [4.78, 5) is 10.2. The van der Waals surface area contributed by atoms with Gasteiger partial charge in [-0.2, -0.15) is 0 Å². The average Bonchev–Trinajstić information content (AvgIpc) is 2.16. The van der Waals surface area contributed by atoms with Crippen molar-refractivity contribution in [1.82, 2.24) is 0 Å². The molecular formula is C8H9BrN2O3. The molecule has 0 heterocycles. The topological polar surface area (TPSA) is 78.4 Å². The molecule has 0 bridgehead atoms. The van der Waals surface area contributed by atoms with E-state index < -0.39 is 4.92 Å². The normalized spacial score (nSPS) is 9.93. The molecule has 0 atom stereocenters. The maximum Gasteiger partial charge on any atom is 0.277 e. The van der Waals surface area contributed by atoms with E-state index in [1.807, 2.05) is 0 Å². The third kappa shape index (κ3) is 1.85. The van der Waals surface area contributed by atoms with E-state index in [4.69, 9.17) is 10.5 Å². The Balaban J connectivity index is 3.40. The summed E-state index contributed by atoms with van der Waals surface area (Å²) in [6.45, 7) is 0.0684. The minimum atomic E-state index is -0.475. The van der Waals surface area contributed by atoms with Crippen LogP contribution in [0.15, 0.2) is 16.6 Å². The third-order valence-electron chi connectivity index (χ3n) is 1.79. The molecule has 6 heteroatoms. The van der Waals surface area contributed by atoms with Crippen LogP contribution in [0.5, 0.6) is 5.75 Å². The Bertz CT molecular complexity index is 368. The molecule has 1 rings (SSSR count). The Morgan fingerprint density at radius 1 is 1.64 bits per heavy atom. The molecule has 0 aromatic heterocycles. The monoisotopic (exact) mass is 260 g/mol. The van der Waals surface area contributed by atoms with E-state index in [0.717, 1.165) is 0 Å². The highest BCUT2D eigenvalue weighted by Crippen LogP contribution is 2.34. The van der Waals surface area contributed by atoms with Crippen molar-refractivity contribution in [3.63, 3.8) is 0 Å². The first kappa shape index (κ1) is 10.9. The van der Waals surface area contributed by atoms with Gasteiger partial charge in [0.2, 0.25) is 0 Å². The summed E-state index contributed by atoms with van der Waals surface area (Å²) in [6.07, 6.45) is 0. The van der Waals surface area contributed by atoms with E-state index in [2.05, 4.69) is 15.9 Å². The quantitative estimate of drug-likeness (QED) is 0.664. The molecule has 5 nitrogen and oxygen atoms in total. The number of hydrogen-bond donors (Lipinski definition) is 1. The minimum Gasteiger partial charge on any atom is -0.495 e. The number of halogens is 1. The molecule has 0 saturated heterocycles. The summed E-state index contributed by atoms with van der Waals surface area (Å²) in [5, 5.41) is 10.6. The van der Waals surface area contributed by atoms with Gasteiger partial charge in [0.1, 0.15) is 5.75 Å². The van der Waals surface area contributed by atoms with Crippen molar-refractivity contribution in [1.29, 1.82) is 0 Å². The van der Waals surface area contributed by atoms with E-state index in [1.54, 1.807) is 6.07 Å². The van der Waals surface area contributed by atoms with Crippen LogP contribution in [0.1, 0.15) is 5.56 Å². The molecule has 1 aromatic rings. The molecule has 0 amide bonds. The van der Waals surface area contributed by atoms with Crippen molar-refractivity contribution >= 4 is 21.6 Å². The van der Waals surface area contributed by atoms with Crippen molar-refractivity contribution < 1.29 is 9.66 Å². The van der Waals surface area contributed by atoms with Gasteiger partial charge in [-0.05, 0) is 22.0 Å². The summed E-state index contributed by atoms with van der Waals surface area (Å²) in [5.74, 6) is 0.418. The SMILES string of the molecule is COc1c(Br)ccc([N+](=O)[O-])c1CN. The highest BCUT2D eigenvalue weighted by atomic mass is 79.9. The molecule has 0 spiro atoms. The van der Waals surface area contributed by atoms with Gasteiger partial charge >= 0.3 is 0 Å². The van der Waals surface area contributed by atoms with Gasteiger partial charge in [-0.25, -0.2) is 0 Å². The smallest absolute Gasteiger partial charge is 0.277 e. The van der Waals surface area contributed by atoms with Gasteiger partial charge in [0.25, 0.3) is 5.69 Å². The van der Waals surface area contributed by atoms with Crippen LogP contribution in [-0.2, 0) is 6.54 Å². The number of benzene rings is 1. The first-order chi connectivity index (χ1) is 6.61. The van der Waals surface area contributed by atoms with E-state index in [0.29, 0.717) is 15.8 Å². The molecule has 2 N–H and O–H groups in total. The maximum atomic E-state index is 10.6. The predicted molar refractivity (Wildman–Crippen MR) is 55.2 cm³/mol. The summed E-state index contributed by atoms with van der Waals surface area (Å²) in [5.41, 5.74) is 5.80. The Labute approximate surface area is 89.1 Å². The lowest BCUT2D eigenvalue weighted by Crippen LogP contribution is -2.04. The van der Waals surface area contributed by atoms with Crippen LogP contribution >= 0.6 is 15.9 Å². The molecule has 0 aliphatic rings. The predicted octanol–water partition coefficient (Wildman–Crippen LogP) is 1.82. The van der Waals surface area contributed by atoms with E-state index in [9.17, 15) is 10.1 Å². The Morgan fingerprint density at radius 3 is 2.71 bits per heavy atom. The van der Waals surface area contributed by atoms with Crippen molar-refractivity contribution in [2.45, 2.75) is 6.54 Å². The number of nitro groups is 1. The van der Waals surface area contributed by atoms with E-state index in [1.165, 1.54) is 13.2 Å². The van der Waals surface area contributed by atoms with Crippen LogP contribution in [0.3, 0.4) is 0 Å². The first-order valence-electron chi connectivity index (χ1n) is 3.81. The molecule has 76 valence electrons. The summed E-state index contributed by atoms with van der Waals surface area (Å²) in [7, 11) is 1.45. The molecule has 0 radical (unpaired) electrons. The number of hydrogen-bond acceptors (Lipinski definition) is 4. The number of methoxy groups -OCH3 is 1. The fraction of sp³-hybridized carbons (Fsp3) is 0.250. The number of nitro benzene ring substituents is 1. The number of ether oxygens (including phenoxy) is 1. The number of rotatable bonds is 3. The zero-order chi connectivity index (χ0) is 10.7. The second-order valence-electron chi connectivity index (χ2n) is 2.54. The van der Waals surface area contributed by atoms with E-state index in [-0.39, 0.29) is 12.2 Å². The van der Waals surface area contributed by atoms with E-state index >= 15 is 0 Å². The van der Waals surface area contributed by atoms with Crippen molar-refractivity contribution in [2.24, 2.45) is 5.73 Å². The summed E-state index contributed by atoms with van der Waals surface area (Å²) in [6, 6.07) is 2.96. The number of nitrogens with zero attached hydrogens (tertiary/aromatic N) is 1. The first-order valence-corrected chi connectivity index (χ1v) is 4.61. The van der Waals surface area contributed by atoms with Crippen LogP contribution in [0.4, 0.5) is 5.69 Å². The average molecular weight is 261 g/mol. The molecule has 0 fully saturated rings. The lowest BCUT2D eigenvalue weighted by atomic mass is 10.1. The van der Waals surface area contributed by atoms with Crippen molar-refractivity contribution in [3.05, 3.63) is 32.3 Å².